The Labute approximate surface area is 189 Å². The Bertz CT molecular complexity index is 1400. The monoisotopic (exact) mass is 470 g/mol. The van der Waals surface area contributed by atoms with Crippen molar-refractivity contribution >= 4 is 55.4 Å². The summed E-state index contributed by atoms with van der Waals surface area (Å²) >= 11 is 1.24. The Morgan fingerprint density at radius 1 is 1.12 bits per heavy atom. The number of carbonyl (C=O) groups is 1. The van der Waals surface area contributed by atoms with Crippen molar-refractivity contribution in [3.8, 4) is 0 Å². The minimum absolute atomic E-state index is 0.0176. The number of nitrogens with zero attached hydrogens (tertiary/aromatic N) is 4. The Morgan fingerprint density at radius 2 is 1.84 bits per heavy atom. The van der Waals surface area contributed by atoms with Crippen molar-refractivity contribution in [1.29, 1.82) is 0 Å². The average molecular weight is 471 g/mol. The van der Waals surface area contributed by atoms with Crippen LogP contribution in [0.5, 0.6) is 0 Å². The highest BCUT2D eigenvalue weighted by molar-refractivity contribution is 8.00. The van der Waals surface area contributed by atoms with Crippen molar-refractivity contribution in [3.63, 3.8) is 0 Å². The molecule has 0 unspecified atom stereocenters. The van der Waals surface area contributed by atoms with Gasteiger partial charge in [-0.05, 0) is 43.7 Å². The number of rotatable bonds is 7. The second-order valence-electron chi connectivity index (χ2n) is 7.10. The van der Waals surface area contributed by atoms with Gasteiger partial charge in [0, 0.05) is 17.6 Å². The zero-order chi connectivity index (χ0) is 22.9. The average Bonchev–Trinajstić information content (AvgIpc) is 3.10. The minimum Gasteiger partial charge on any atom is -0.325 e. The van der Waals surface area contributed by atoms with Crippen molar-refractivity contribution < 1.29 is 13.2 Å². The van der Waals surface area contributed by atoms with Gasteiger partial charge in [-0.15, -0.1) is 10.2 Å². The van der Waals surface area contributed by atoms with Crippen LogP contribution in [0.4, 0.5) is 5.69 Å². The van der Waals surface area contributed by atoms with Gasteiger partial charge >= 0.3 is 0 Å². The molecule has 4 rings (SSSR count). The van der Waals surface area contributed by atoms with E-state index in [4.69, 9.17) is 10.1 Å². The van der Waals surface area contributed by atoms with Crippen LogP contribution in [0.15, 0.2) is 58.6 Å². The van der Waals surface area contributed by atoms with Crippen molar-refractivity contribution in [2.45, 2.75) is 42.1 Å². The Morgan fingerprint density at radius 3 is 2.50 bits per heavy atom. The number of aromatic nitrogens is 4. The Balaban J connectivity index is 1.56. The molecule has 0 fully saturated rings. The van der Waals surface area contributed by atoms with Crippen molar-refractivity contribution in [2.75, 3.05) is 5.32 Å². The number of anilines is 1. The van der Waals surface area contributed by atoms with Crippen LogP contribution < -0.4 is 10.5 Å². The second-order valence-corrected chi connectivity index (χ2v) is 9.83. The summed E-state index contributed by atoms with van der Waals surface area (Å²) in [4.78, 5) is 17.5. The number of aryl methyl sites for hydroxylation is 1. The Hall–Kier alpha value is -3.02. The summed E-state index contributed by atoms with van der Waals surface area (Å²) in [6.45, 7) is 4.68. The van der Waals surface area contributed by atoms with E-state index in [-0.39, 0.29) is 10.8 Å². The highest BCUT2D eigenvalue weighted by Gasteiger charge is 2.22. The second kappa shape index (κ2) is 8.85. The standard InChI is InChI=1S/C21H22N6O3S2/c1-3-17(20(28)23-13-9-11-14(12-10-13)32(22,29)30)31-21-24-19-18(25-26-21)15-7-5-6-8-16(15)27(19)4-2/h5-12,17H,3-4H2,1-2H3,(H,23,28)(H2,22,29,30)/t17-/m1/s1. The predicted octanol–water partition coefficient (Wildman–Crippen LogP) is 3.16. The summed E-state index contributed by atoms with van der Waals surface area (Å²) in [5.41, 5.74) is 2.99. The fraction of sp³-hybridized carbons (Fsp3) is 0.238. The van der Waals surface area contributed by atoms with Crippen LogP contribution in [0.25, 0.3) is 22.1 Å². The van der Waals surface area contributed by atoms with Crippen LogP contribution in [-0.2, 0) is 21.4 Å². The van der Waals surface area contributed by atoms with Gasteiger partial charge in [-0.2, -0.15) is 0 Å². The van der Waals surface area contributed by atoms with E-state index in [0.717, 1.165) is 28.6 Å². The molecule has 2 aromatic carbocycles. The molecule has 166 valence electrons. The molecule has 4 aromatic rings. The third-order valence-corrected chi connectivity index (χ3v) is 7.18. The lowest BCUT2D eigenvalue weighted by Crippen LogP contribution is -2.25. The molecular weight excluding hydrogens is 448 g/mol. The van der Waals surface area contributed by atoms with Gasteiger partial charge in [0.2, 0.25) is 21.1 Å². The van der Waals surface area contributed by atoms with E-state index < -0.39 is 15.3 Å². The molecule has 0 aliphatic heterocycles. The van der Waals surface area contributed by atoms with Crippen LogP contribution in [0.2, 0.25) is 0 Å². The van der Waals surface area contributed by atoms with E-state index in [9.17, 15) is 13.2 Å². The molecule has 2 aromatic heterocycles. The lowest BCUT2D eigenvalue weighted by atomic mass is 10.2. The number of fused-ring (bicyclic) bond motifs is 3. The van der Waals surface area contributed by atoms with Gasteiger partial charge in [0.1, 0.15) is 5.52 Å². The van der Waals surface area contributed by atoms with Crippen molar-refractivity contribution in [1.82, 2.24) is 19.7 Å². The summed E-state index contributed by atoms with van der Waals surface area (Å²) in [6, 6.07) is 13.7. The maximum absolute atomic E-state index is 12.8. The molecule has 32 heavy (non-hydrogen) atoms. The number of nitrogens with two attached hydrogens (primary N) is 1. The molecule has 1 amide bonds. The fourth-order valence-electron chi connectivity index (χ4n) is 3.46. The third-order valence-electron chi connectivity index (χ3n) is 5.03. The first-order valence-corrected chi connectivity index (χ1v) is 12.5. The largest absolute Gasteiger partial charge is 0.325 e. The van der Waals surface area contributed by atoms with Gasteiger partial charge in [0.05, 0.1) is 15.7 Å². The third kappa shape index (κ3) is 4.31. The zero-order valence-electron chi connectivity index (χ0n) is 17.5. The molecule has 9 nitrogen and oxygen atoms in total. The molecule has 0 saturated carbocycles. The number of thioether (sulfide) groups is 1. The summed E-state index contributed by atoms with van der Waals surface area (Å²) in [7, 11) is -3.79. The van der Waals surface area contributed by atoms with E-state index in [2.05, 4.69) is 20.1 Å². The zero-order valence-corrected chi connectivity index (χ0v) is 19.2. The molecule has 2 heterocycles. The van der Waals surface area contributed by atoms with E-state index >= 15 is 0 Å². The number of nitrogens with one attached hydrogen (secondary N) is 1. The van der Waals surface area contributed by atoms with Crippen LogP contribution >= 0.6 is 11.8 Å². The summed E-state index contributed by atoms with van der Waals surface area (Å²) < 4.78 is 24.9. The van der Waals surface area contributed by atoms with E-state index in [1.807, 2.05) is 38.1 Å². The Kier molecular flexibility index (Phi) is 6.13. The molecular formula is C21H22N6O3S2. The van der Waals surface area contributed by atoms with Crippen molar-refractivity contribution in [3.05, 3.63) is 48.5 Å². The van der Waals surface area contributed by atoms with E-state index in [1.165, 1.54) is 36.0 Å². The summed E-state index contributed by atoms with van der Waals surface area (Å²) in [6.07, 6.45) is 0.546. The topological polar surface area (TPSA) is 133 Å². The first-order valence-electron chi connectivity index (χ1n) is 10.0. The summed E-state index contributed by atoms with van der Waals surface area (Å²) in [5.74, 6) is -0.236. The first kappa shape index (κ1) is 22.2. The van der Waals surface area contributed by atoms with Gasteiger partial charge in [-0.1, -0.05) is 36.9 Å². The predicted molar refractivity (Wildman–Crippen MR) is 125 cm³/mol. The lowest BCUT2D eigenvalue weighted by molar-refractivity contribution is -0.115. The number of hydrogen-bond donors (Lipinski definition) is 2. The molecule has 3 N–H and O–H groups in total. The summed E-state index contributed by atoms with van der Waals surface area (Å²) in [5, 5.41) is 17.5. The molecule has 0 aliphatic carbocycles. The highest BCUT2D eigenvalue weighted by atomic mass is 32.2. The maximum atomic E-state index is 12.8. The number of sulfonamides is 1. The van der Waals surface area contributed by atoms with Gasteiger partial charge in [0.25, 0.3) is 0 Å². The van der Waals surface area contributed by atoms with Crippen molar-refractivity contribution in [2.24, 2.45) is 5.14 Å². The molecule has 0 spiro atoms. The van der Waals surface area contributed by atoms with Crippen LogP contribution in [-0.4, -0.2) is 39.3 Å². The van der Waals surface area contributed by atoms with Crippen LogP contribution in [0.3, 0.4) is 0 Å². The highest BCUT2D eigenvalue weighted by Crippen LogP contribution is 2.29. The lowest BCUT2D eigenvalue weighted by Gasteiger charge is -2.14. The first-order chi connectivity index (χ1) is 15.3. The molecule has 11 heteroatoms. The van der Waals surface area contributed by atoms with Gasteiger partial charge in [0.15, 0.2) is 5.65 Å². The van der Waals surface area contributed by atoms with Crippen LogP contribution in [0.1, 0.15) is 20.3 Å². The SMILES string of the molecule is CC[C@@H](Sc1nnc2c3ccccc3n(CC)c2n1)C(=O)Nc1ccc(S(N)(=O)=O)cc1. The molecule has 1 atom stereocenters. The quantitative estimate of drug-likeness (QED) is 0.396. The number of hydrogen-bond acceptors (Lipinski definition) is 7. The van der Waals surface area contributed by atoms with E-state index in [0.29, 0.717) is 17.3 Å². The number of amides is 1. The van der Waals surface area contributed by atoms with Gasteiger partial charge in [-0.25, -0.2) is 18.5 Å². The number of para-hydroxylation sites is 1. The number of primary sulfonamides is 1. The molecule has 0 aliphatic rings. The molecule has 0 bridgehead atoms. The molecule has 0 radical (unpaired) electrons. The number of carbonyl (C=O) groups excluding carboxylic acids is 1. The van der Waals surface area contributed by atoms with Gasteiger partial charge in [-0.3, -0.25) is 4.79 Å². The van der Waals surface area contributed by atoms with E-state index in [1.54, 1.807) is 0 Å². The smallest absolute Gasteiger partial charge is 0.238 e. The maximum Gasteiger partial charge on any atom is 0.238 e. The van der Waals surface area contributed by atoms with Gasteiger partial charge < -0.3 is 9.88 Å². The van der Waals surface area contributed by atoms with Crippen LogP contribution in [0, 0.1) is 0 Å². The normalized spacial score (nSPS) is 12.8. The fourth-order valence-corrected chi connectivity index (χ4v) is 4.79. The molecule has 0 saturated heterocycles. The number of benzene rings is 2. The minimum atomic E-state index is -3.79.